The molecule has 3 fully saturated rings. The smallest absolute Gasteiger partial charge is 0.228 e. The summed E-state index contributed by atoms with van der Waals surface area (Å²) in [7, 11) is 0. The molecule has 2 saturated heterocycles. The Bertz CT molecular complexity index is 977. The molecule has 2 unspecified atom stereocenters. The Balaban J connectivity index is 1.39. The van der Waals surface area contributed by atoms with E-state index in [4.69, 9.17) is 9.97 Å². The van der Waals surface area contributed by atoms with Crippen molar-refractivity contribution in [2.24, 2.45) is 0 Å². The minimum atomic E-state index is 0.501. The summed E-state index contributed by atoms with van der Waals surface area (Å²) in [5, 5.41) is 15.6. The lowest BCUT2D eigenvalue weighted by molar-refractivity contribution is 0.572. The van der Waals surface area contributed by atoms with Crippen molar-refractivity contribution in [2.45, 2.75) is 37.3 Å². The molecule has 0 amide bonds. The molecule has 1 saturated carbocycles. The molecular formula is C19H21N7. The summed E-state index contributed by atoms with van der Waals surface area (Å²) in [5.74, 6) is 3.13. The number of para-hydroxylation sites is 1. The molecule has 6 rings (SSSR count). The van der Waals surface area contributed by atoms with Crippen LogP contribution in [0.1, 0.15) is 30.9 Å². The average molecular weight is 347 g/mol. The quantitative estimate of drug-likeness (QED) is 0.673. The molecule has 0 radical (unpaired) electrons. The van der Waals surface area contributed by atoms with Gasteiger partial charge in [-0.2, -0.15) is 10.1 Å². The zero-order chi connectivity index (χ0) is 17.1. The zero-order valence-corrected chi connectivity index (χ0v) is 14.4. The number of anilines is 3. The molecule has 1 aromatic carbocycles. The van der Waals surface area contributed by atoms with Gasteiger partial charge in [0, 0.05) is 48.2 Å². The third-order valence-electron chi connectivity index (χ3n) is 5.77. The summed E-state index contributed by atoms with van der Waals surface area (Å²) >= 11 is 0. The first kappa shape index (κ1) is 14.5. The lowest BCUT2D eigenvalue weighted by Gasteiger charge is -2.28. The molecule has 2 atom stereocenters. The number of benzene rings is 1. The highest BCUT2D eigenvalue weighted by Crippen LogP contribution is 2.40. The predicted octanol–water partition coefficient (Wildman–Crippen LogP) is 2.52. The summed E-state index contributed by atoms with van der Waals surface area (Å²) in [4.78, 5) is 12.1. The van der Waals surface area contributed by atoms with Crippen molar-refractivity contribution in [2.75, 3.05) is 23.3 Å². The topological polar surface area (TPSA) is 81.8 Å². The number of hydrogen-bond acceptors (Lipinski definition) is 6. The average Bonchev–Trinajstić information content (AvgIpc) is 3.07. The van der Waals surface area contributed by atoms with Crippen LogP contribution < -0.4 is 15.5 Å². The number of hydrogen-bond donors (Lipinski definition) is 3. The van der Waals surface area contributed by atoms with Crippen LogP contribution in [0.3, 0.4) is 0 Å². The molecule has 26 heavy (non-hydrogen) atoms. The molecule has 0 spiro atoms. The predicted molar refractivity (Wildman–Crippen MR) is 101 cm³/mol. The van der Waals surface area contributed by atoms with Gasteiger partial charge in [-0.3, -0.25) is 5.10 Å². The second-order valence-electron chi connectivity index (χ2n) is 7.64. The second-order valence-corrected chi connectivity index (χ2v) is 7.64. The zero-order valence-electron chi connectivity index (χ0n) is 14.4. The first-order chi connectivity index (χ1) is 12.8. The van der Waals surface area contributed by atoms with Crippen LogP contribution >= 0.6 is 0 Å². The number of fused-ring (bicyclic) bond motifs is 3. The first-order valence-electron chi connectivity index (χ1n) is 9.42. The van der Waals surface area contributed by atoms with Crippen LogP contribution in [0.2, 0.25) is 0 Å². The Hall–Kier alpha value is -2.67. The van der Waals surface area contributed by atoms with E-state index in [0.29, 0.717) is 18.0 Å². The van der Waals surface area contributed by atoms with Gasteiger partial charge >= 0.3 is 0 Å². The van der Waals surface area contributed by atoms with E-state index in [1.165, 1.54) is 25.0 Å². The number of H-pyrrole nitrogens is 1. The van der Waals surface area contributed by atoms with Crippen LogP contribution in [0, 0.1) is 0 Å². The number of nitrogens with one attached hydrogen (secondary N) is 3. The van der Waals surface area contributed by atoms with E-state index in [0.717, 1.165) is 41.6 Å². The van der Waals surface area contributed by atoms with Crippen molar-refractivity contribution in [1.29, 1.82) is 0 Å². The lowest BCUT2D eigenvalue weighted by atomic mass is 10.2. The van der Waals surface area contributed by atoms with E-state index in [1.54, 1.807) is 0 Å². The molecule has 3 N–H and O–H groups in total. The van der Waals surface area contributed by atoms with Crippen LogP contribution in [0.4, 0.5) is 17.6 Å². The highest BCUT2D eigenvalue weighted by Gasteiger charge is 2.39. The summed E-state index contributed by atoms with van der Waals surface area (Å²) in [6.45, 7) is 2.00. The molecule has 3 aromatic rings. The van der Waals surface area contributed by atoms with E-state index >= 15 is 0 Å². The summed E-state index contributed by atoms with van der Waals surface area (Å²) in [6, 6.07) is 11.3. The van der Waals surface area contributed by atoms with E-state index in [2.05, 4.69) is 43.9 Å². The Morgan fingerprint density at radius 3 is 2.88 bits per heavy atom. The molecule has 2 aliphatic heterocycles. The van der Waals surface area contributed by atoms with E-state index in [-0.39, 0.29) is 0 Å². The highest BCUT2D eigenvalue weighted by atomic mass is 15.4. The maximum atomic E-state index is 4.89. The molecular weight excluding hydrogens is 326 g/mol. The fourth-order valence-corrected chi connectivity index (χ4v) is 4.22. The minimum Gasteiger partial charge on any atom is -0.335 e. The molecule has 2 aromatic heterocycles. The minimum absolute atomic E-state index is 0.501. The van der Waals surface area contributed by atoms with Gasteiger partial charge in [0.05, 0.1) is 5.52 Å². The normalized spacial score (nSPS) is 24.5. The molecule has 7 nitrogen and oxygen atoms in total. The van der Waals surface area contributed by atoms with Crippen LogP contribution in [-0.4, -0.2) is 45.3 Å². The van der Waals surface area contributed by atoms with Gasteiger partial charge in [-0.05, 0) is 31.4 Å². The monoisotopic (exact) mass is 347 g/mol. The Morgan fingerprint density at radius 1 is 1.15 bits per heavy atom. The maximum absolute atomic E-state index is 4.89. The summed E-state index contributed by atoms with van der Waals surface area (Å²) < 4.78 is 0. The fraction of sp³-hybridized carbons (Fsp3) is 0.421. The number of piperazine rings is 1. The van der Waals surface area contributed by atoms with Crippen LogP contribution in [0.15, 0.2) is 30.3 Å². The Kier molecular flexibility index (Phi) is 3.02. The standard InChI is InChI=1S/C19H21N7/c1-2-4-15-14(3-1)18(22-17-8-16(24-25-17)11-5-6-11)23-19(21-15)26-10-12-7-13(26)9-20-12/h1-4,8,11-13,20H,5-7,9-10H2,(H2,21,22,23,24,25). The molecule has 3 aliphatic rings. The van der Waals surface area contributed by atoms with Crippen LogP contribution in [0.5, 0.6) is 0 Å². The van der Waals surface area contributed by atoms with E-state index in [9.17, 15) is 0 Å². The van der Waals surface area contributed by atoms with Crippen molar-refractivity contribution < 1.29 is 0 Å². The van der Waals surface area contributed by atoms with Gasteiger partial charge < -0.3 is 15.5 Å². The Labute approximate surface area is 151 Å². The largest absolute Gasteiger partial charge is 0.335 e. The van der Waals surface area contributed by atoms with Crippen molar-refractivity contribution in [3.05, 3.63) is 36.0 Å². The third kappa shape index (κ3) is 2.34. The fourth-order valence-electron chi connectivity index (χ4n) is 4.22. The Morgan fingerprint density at radius 2 is 2.08 bits per heavy atom. The van der Waals surface area contributed by atoms with Gasteiger partial charge in [0.15, 0.2) is 5.82 Å². The second kappa shape index (κ2) is 5.41. The number of aromatic amines is 1. The summed E-state index contributed by atoms with van der Waals surface area (Å²) in [5.41, 5.74) is 2.18. The van der Waals surface area contributed by atoms with Crippen molar-refractivity contribution in [3.63, 3.8) is 0 Å². The van der Waals surface area contributed by atoms with Gasteiger partial charge in [0.1, 0.15) is 5.82 Å². The van der Waals surface area contributed by atoms with Crippen LogP contribution in [0.25, 0.3) is 10.9 Å². The molecule has 7 heteroatoms. The summed E-state index contributed by atoms with van der Waals surface area (Å²) in [6.07, 6.45) is 3.70. The maximum Gasteiger partial charge on any atom is 0.228 e. The van der Waals surface area contributed by atoms with Gasteiger partial charge in [0.2, 0.25) is 5.95 Å². The SMILES string of the molecule is c1ccc2c(Nc3cc(C4CC4)[nH]n3)nc(N3CC4CC3CN4)nc2c1. The van der Waals surface area contributed by atoms with Gasteiger partial charge in [-0.1, -0.05) is 12.1 Å². The van der Waals surface area contributed by atoms with Crippen molar-refractivity contribution in [3.8, 4) is 0 Å². The highest BCUT2D eigenvalue weighted by molar-refractivity contribution is 5.91. The lowest BCUT2D eigenvalue weighted by Crippen LogP contribution is -2.44. The van der Waals surface area contributed by atoms with Gasteiger partial charge in [0.25, 0.3) is 0 Å². The number of rotatable bonds is 4. The van der Waals surface area contributed by atoms with Gasteiger partial charge in [-0.25, -0.2) is 4.98 Å². The third-order valence-corrected chi connectivity index (χ3v) is 5.77. The van der Waals surface area contributed by atoms with Crippen LogP contribution in [-0.2, 0) is 0 Å². The number of nitrogens with zero attached hydrogens (tertiary/aromatic N) is 4. The first-order valence-corrected chi connectivity index (χ1v) is 9.42. The molecule has 1 aliphatic carbocycles. The van der Waals surface area contributed by atoms with Crippen molar-refractivity contribution >= 4 is 28.5 Å². The number of aromatic nitrogens is 4. The van der Waals surface area contributed by atoms with E-state index < -0.39 is 0 Å². The molecule has 2 bridgehead atoms. The van der Waals surface area contributed by atoms with Crippen molar-refractivity contribution in [1.82, 2.24) is 25.5 Å². The van der Waals surface area contributed by atoms with E-state index in [1.807, 2.05) is 12.1 Å². The molecule has 132 valence electrons. The molecule has 4 heterocycles. The van der Waals surface area contributed by atoms with Gasteiger partial charge in [-0.15, -0.1) is 0 Å².